The van der Waals surface area contributed by atoms with Crippen LogP contribution in [0.1, 0.15) is 30.4 Å². The molecule has 0 spiro atoms. The predicted octanol–water partition coefficient (Wildman–Crippen LogP) is 2.68. The molecule has 0 aliphatic carbocycles. The highest BCUT2D eigenvalue weighted by Gasteiger charge is 2.12. The van der Waals surface area contributed by atoms with Crippen LogP contribution in [-0.4, -0.2) is 12.6 Å². The van der Waals surface area contributed by atoms with Crippen molar-refractivity contribution in [1.82, 2.24) is 5.32 Å². The summed E-state index contributed by atoms with van der Waals surface area (Å²) in [5, 5.41) is 3.59. The van der Waals surface area contributed by atoms with Crippen molar-refractivity contribution in [2.75, 3.05) is 6.54 Å². The van der Waals surface area contributed by atoms with Crippen LogP contribution in [0.25, 0.3) is 0 Å². The zero-order valence-corrected chi connectivity index (χ0v) is 8.92. The number of aryl methyl sites for hydroxylation is 1. The molecule has 1 atom stereocenters. The summed E-state index contributed by atoms with van der Waals surface area (Å²) in [7, 11) is 0. The Morgan fingerprint density at radius 1 is 1.36 bits per heavy atom. The number of piperidine rings is 1. The van der Waals surface area contributed by atoms with Crippen LogP contribution in [-0.2, 0) is 6.42 Å². The molecule has 1 aliphatic rings. The lowest BCUT2D eigenvalue weighted by Crippen LogP contribution is -2.35. The van der Waals surface area contributed by atoms with Gasteiger partial charge >= 0.3 is 0 Å². The molecule has 0 amide bonds. The van der Waals surface area contributed by atoms with Crippen molar-refractivity contribution in [2.24, 2.45) is 0 Å². The van der Waals surface area contributed by atoms with E-state index in [1.807, 2.05) is 0 Å². The summed E-state index contributed by atoms with van der Waals surface area (Å²) in [5.74, 6) is 0. The standard InChI is InChI=1S/C13H19N/c1-11-5-4-6-12(9-11)10-13-7-2-3-8-14-13/h4-6,9,13-14H,2-3,7-8,10H2,1H3. The molecule has 1 aromatic rings. The monoisotopic (exact) mass is 189 g/mol. The molecule has 1 nitrogen and oxygen atoms in total. The minimum atomic E-state index is 0.713. The van der Waals surface area contributed by atoms with E-state index in [0.29, 0.717) is 6.04 Å². The summed E-state index contributed by atoms with van der Waals surface area (Å²) in [6, 6.07) is 9.58. The van der Waals surface area contributed by atoms with E-state index >= 15 is 0 Å². The normalized spacial score (nSPS) is 22.2. The van der Waals surface area contributed by atoms with E-state index < -0.39 is 0 Å². The average molecular weight is 189 g/mol. The Morgan fingerprint density at radius 2 is 2.29 bits per heavy atom. The molecule has 1 aromatic carbocycles. The van der Waals surface area contributed by atoms with Gasteiger partial charge in [0.2, 0.25) is 0 Å². The van der Waals surface area contributed by atoms with Gasteiger partial charge in [-0.1, -0.05) is 36.2 Å². The summed E-state index contributed by atoms with van der Waals surface area (Å²) in [6.07, 6.45) is 5.28. The molecular weight excluding hydrogens is 170 g/mol. The van der Waals surface area contributed by atoms with E-state index in [0.717, 1.165) is 0 Å². The fraction of sp³-hybridized carbons (Fsp3) is 0.538. The van der Waals surface area contributed by atoms with Crippen molar-refractivity contribution >= 4 is 0 Å². The summed E-state index contributed by atoms with van der Waals surface area (Å²) >= 11 is 0. The zero-order chi connectivity index (χ0) is 9.80. The highest BCUT2D eigenvalue weighted by atomic mass is 14.9. The van der Waals surface area contributed by atoms with E-state index in [4.69, 9.17) is 0 Å². The van der Waals surface area contributed by atoms with Gasteiger partial charge in [-0.25, -0.2) is 0 Å². The van der Waals surface area contributed by atoms with Crippen LogP contribution in [0.4, 0.5) is 0 Å². The van der Waals surface area contributed by atoms with Crippen molar-refractivity contribution in [3.8, 4) is 0 Å². The Balaban J connectivity index is 1.95. The van der Waals surface area contributed by atoms with Crippen molar-refractivity contribution in [3.63, 3.8) is 0 Å². The third-order valence-corrected chi connectivity index (χ3v) is 2.98. The minimum Gasteiger partial charge on any atom is -0.314 e. The third-order valence-electron chi connectivity index (χ3n) is 2.98. The van der Waals surface area contributed by atoms with Gasteiger partial charge in [-0.15, -0.1) is 0 Å². The maximum absolute atomic E-state index is 3.59. The van der Waals surface area contributed by atoms with Crippen LogP contribution in [0.2, 0.25) is 0 Å². The first-order chi connectivity index (χ1) is 6.84. The largest absolute Gasteiger partial charge is 0.314 e. The molecule has 1 unspecified atom stereocenters. The molecule has 1 heteroatoms. The molecule has 14 heavy (non-hydrogen) atoms. The number of benzene rings is 1. The Hall–Kier alpha value is -0.820. The van der Waals surface area contributed by atoms with Gasteiger partial charge in [-0.05, 0) is 38.3 Å². The first kappa shape index (κ1) is 9.72. The number of nitrogens with one attached hydrogen (secondary N) is 1. The summed E-state index contributed by atoms with van der Waals surface area (Å²) in [6.45, 7) is 3.37. The van der Waals surface area contributed by atoms with Crippen molar-refractivity contribution in [3.05, 3.63) is 35.4 Å². The Morgan fingerprint density at radius 3 is 3.00 bits per heavy atom. The number of rotatable bonds is 2. The molecule has 1 fully saturated rings. The van der Waals surface area contributed by atoms with E-state index in [1.165, 1.54) is 43.4 Å². The van der Waals surface area contributed by atoms with Crippen molar-refractivity contribution in [2.45, 2.75) is 38.6 Å². The minimum absolute atomic E-state index is 0.713. The molecular formula is C13H19N. The van der Waals surface area contributed by atoms with Gasteiger partial charge in [0.15, 0.2) is 0 Å². The first-order valence-electron chi connectivity index (χ1n) is 5.63. The highest BCUT2D eigenvalue weighted by molar-refractivity contribution is 5.23. The maximum Gasteiger partial charge on any atom is 0.0107 e. The van der Waals surface area contributed by atoms with Crippen LogP contribution < -0.4 is 5.32 Å². The van der Waals surface area contributed by atoms with Gasteiger partial charge in [0, 0.05) is 6.04 Å². The molecule has 0 saturated carbocycles. The van der Waals surface area contributed by atoms with Gasteiger partial charge in [-0.3, -0.25) is 0 Å². The molecule has 1 saturated heterocycles. The predicted molar refractivity (Wildman–Crippen MR) is 60.5 cm³/mol. The molecule has 1 aliphatic heterocycles. The topological polar surface area (TPSA) is 12.0 Å². The van der Waals surface area contributed by atoms with E-state index in [1.54, 1.807) is 0 Å². The second-order valence-electron chi connectivity index (χ2n) is 4.34. The van der Waals surface area contributed by atoms with Crippen LogP contribution in [0.15, 0.2) is 24.3 Å². The third kappa shape index (κ3) is 2.58. The van der Waals surface area contributed by atoms with Crippen LogP contribution in [0.5, 0.6) is 0 Å². The molecule has 1 heterocycles. The van der Waals surface area contributed by atoms with Gasteiger partial charge in [0.25, 0.3) is 0 Å². The molecule has 2 rings (SSSR count). The van der Waals surface area contributed by atoms with Crippen molar-refractivity contribution in [1.29, 1.82) is 0 Å². The van der Waals surface area contributed by atoms with Crippen molar-refractivity contribution < 1.29 is 0 Å². The van der Waals surface area contributed by atoms with Gasteiger partial charge < -0.3 is 5.32 Å². The van der Waals surface area contributed by atoms with Crippen LogP contribution in [0, 0.1) is 6.92 Å². The fourth-order valence-electron chi connectivity index (χ4n) is 2.22. The van der Waals surface area contributed by atoms with Gasteiger partial charge in [-0.2, -0.15) is 0 Å². The molecule has 0 radical (unpaired) electrons. The molecule has 0 bridgehead atoms. The fourth-order valence-corrected chi connectivity index (χ4v) is 2.22. The van der Waals surface area contributed by atoms with E-state index in [-0.39, 0.29) is 0 Å². The van der Waals surface area contributed by atoms with E-state index in [9.17, 15) is 0 Å². The first-order valence-corrected chi connectivity index (χ1v) is 5.63. The Kier molecular flexibility index (Phi) is 3.20. The lowest BCUT2D eigenvalue weighted by Gasteiger charge is -2.23. The Bertz CT molecular complexity index is 287. The SMILES string of the molecule is Cc1cccc(CC2CCCCN2)c1. The summed E-state index contributed by atoms with van der Waals surface area (Å²) in [5.41, 5.74) is 2.85. The summed E-state index contributed by atoms with van der Waals surface area (Å²) < 4.78 is 0. The molecule has 0 aromatic heterocycles. The van der Waals surface area contributed by atoms with Gasteiger partial charge in [0.05, 0.1) is 0 Å². The average Bonchev–Trinajstić information content (AvgIpc) is 2.19. The highest BCUT2D eigenvalue weighted by Crippen LogP contribution is 2.13. The van der Waals surface area contributed by atoms with Gasteiger partial charge in [0.1, 0.15) is 0 Å². The van der Waals surface area contributed by atoms with Crippen LogP contribution >= 0.6 is 0 Å². The van der Waals surface area contributed by atoms with E-state index in [2.05, 4.69) is 36.5 Å². The van der Waals surface area contributed by atoms with Crippen LogP contribution in [0.3, 0.4) is 0 Å². The second-order valence-corrected chi connectivity index (χ2v) is 4.34. The molecule has 1 N–H and O–H groups in total. The lowest BCUT2D eigenvalue weighted by molar-refractivity contribution is 0.399. The lowest BCUT2D eigenvalue weighted by atomic mass is 9.97. The quantitative estimate of drug-likeness (QED) is 0.754. The molecule has 76 valence electrons. The number of hydrogen-bond donors (Lipinski definition) is 1. The summed E-state index contributed by atoms with van der Waals surface area (Å²) in [4.78, 5) is 0. The second kappa shape index (κ2) is 4.61. The smallest absolute Gasteiger partial charge is 0.0107 e. The zero-order valence-electron chi connectivity index (χ0n) is 8.92. The number of hydrogen-bond acceptors (Lipinski definition) is 1. The maximum atomic E-state index is 3.59. The Labute approximate surface area is 86.5 Å².